The second-order valence-electron chi connectivity index (χ2n) is 3.78. The van der Waals surface area contributed by atoms with Crippen LogP contribution < -0.4 is 0 Å². The van der Waals surface area contributed by atoms with Gasteiger partial charge >= 0.3 is 0 Å². The van der Waals surface area contributed by atoms with Crippen LogP contribution in [0, 0.1) is 0 Å². The van der Waals surface area contributed by atoms with Crippen molar-refractivity contribution in [3.63, 3.8) is 0 Å². The molecular formula is C13H21NO. The Morgan fingerprint density at radius 3 is 2.33 bits per heavy atom. The number of nitrogens with zero attached hydrogens (tertiary/aromatic N) is 1. The van der Waals surface area contributed by atoms with Gasteiger partial charge in [0.2, 0.25) is 0 Å². The van der Waals surface area contributed by atoms with E-state index in [0.717, 1.165) is 31.6 Å². The third-order valence-electron chi connectivity index (χ3n) is 2.84. The first-order valence-corrected chi connectivity index (χ1v) is 5.74. The van der Waals surface area contributed by atoms with Crippen molar-refractivity contribution in [2.45, 2.75) is 33.7 Å². The number of aromatic hydroxyl groups is 1. The number of hydrogen-bond acceptors (Lipinski definition) is 2. The molecule has 1 aromatic rings. The summed E-state index contributed by atoms with van der Waals surface area (Å²) in [5, 5.41) is 9.74. The highest BCUT2D eigenvalue weighted by Crippen LogP contribution is 2.20. The molecule has 0 fully saturated rings. The van der Waals surface area contributed by atoms with Crippen molar-refractivity contribution in [3.8, 4) is 5.75 Å². The fraction of sp³-hybridized carbons (Fsp3) is 0.538. The molecular weight excluding hydrogens is 186 g/mol. The lowest BCUT2D eigenvalue weighted by molar-refractivity contribution is 0.290. The summed E-state index contributed by atoms with van der Waals surface area (Å²) >= 11 is 0. The predicted octanol–water partition coefficient (Wildman–Crippen LogP) is 2.80. The molecule has 2 nitrogen and oxygen atoms in total. The van der Waals surface area contributed by atoms with Gasteiger partial charge in [0.15, 0.2) is 0 Å². The van der Waals surface area contributed by atoms with Crippen molar-refractivity contribution >= 4 is 0 Å². The molecule has 0 amide bonds. The minimum Gasteiger partial charge on any atom is -0.508 e. The number of phenolic OH excluding ortho intramolecular Hbond substituents is 1. The van der Waals surface area contributed by atoms with E-state index in [2.05, 4.69) is 31.7 Å². The first-order valence-electron chi connectivity index (χ1n) is 5.74. The predicted molar refractivity (Wildman–Crippen MR) is 64.1 cm³/mol. The summed E-state index contributed by atoms with van der Waals surface area (Å²) in [6.45, 7) is 9.30. The van der Waals surface area contributed by atoms with E-state index in [1.165, 1.54) is 5.56 Å². The Bertz CT molecular complexity index is 305. The van der Waals surface area contributed by atoms with Crippen LogP contribution in [0.1, 0.15) is 31.9 Å². The molecule has 0 aliphatic carbocycles. The minimum atomic E-state index is 0.416. The van der Waals surface area contributed by atoms with Crippen molar-refractivity contribution in [1.29, 1.82) is 0 Å². The van der Waals surface area contributed by atoms with E-state index in [-0.39, 0.29) is 0 Å². The summed E-state index contributed by atoms with van der Waals surface area (Å²) in [4.78, 5) is 2.30. The first kappa shape index (κ1) is 12.1. The summed E-state index contributed by atoms with van der Waals surface area (Å²) in [6, 6.07) is 5.90. The molecule has 0 saturated heterocycles. The van der Waals surface area contributed by atoms with Gasteiger partial charge in [-0.15, -0.1) is 0 Å². The van der Waals surface area contributed by atoms with Crippen molar-refractivity contribution in [2.75, 3.05) is 13.1 Å². The number of aryl methyl sites for hydroxylation is 1. The van der Waals surface area contributed by atoms with Gasteiger partial charge in [0.05, 0.1) is 0 Å². The maximum Gasteiger partial charge on any atom is 0.120 e. The van der Waals surface area contributed by atoms with Crippen molar-refractivity contribution in [2.24, 2.45) is 0 Å². The Hall–Kier alpha value is -1.02. The fourth-order valence-electron chi connectivity index (χ4n) is 1.67. The second kappa shape index (κ2) is 5.76. The average molecular weight is 207 g/mol. The average Bonchev–Trinajstić information content (AvgIpc) is 2.28. The van der Waals surface area contributed by atoms with Crippen LogP contribution in [0.3, 0.4) is 0 Å². The summed E-state index contributed by atoms with van der Waals surface area (Å²) in [5.41, 5.74) is 2.33. The molecule has 0 radical (unpaired) electrons. The molecule has 1 aromatic carbocycles. The summed E-state index contributed by atoms with van der Waals surface area (Å²) in [5.74, 6) is 0.416. The van der Waals surface area contributed by atoms with Gasteiger partial charge in [-0.1, -0.05) is 32.9 Å². The zero-order valence-corrected chi connectivity index (χ0v) is 9.95. The summed E-state index contributed by atoms with van der Waals surface area (Å²) in [6.07, 6.45) is 1.02. The van der Waals surface area contributed by atoms with E-state index in [4.69, 9.17) is 0 Å². The SMILES string of the molecule is CCc1ccc(O)c(CN(CC)CC)c1. The smallest absolute Gasteiger partial charge is 0.120 e. The van der Waals surface area contributed by atoms with Crippen LogP contribution in [0.2, 0.25) is 0 Å². The van der Waals surface area contributed by atoms with E-state index >= 15 is 0 Å². The van der Waals surface area contributed by atoms with Gasteiger partial charge in [-0.3, -0.25) is 4.90 Å². The molecule has 2 heteroatoms. The van der Waals surface area contributed by atoms with E-state index in [1.54, 1.807) is 6.07 Å². The molecule has 0 aliphatic heterocycles. The quantitative estimate of drug-likeness (QED) is 0.802. The summed E-state index contributed by atoms with van der Waals surface area (Å²) < 4.78 is 0. The molecule has 0 aromatic heterocycles. The molecule has 0 saturated carbocycles. The largest absolute Gasteiger partial charge is 0.508 e. The van der Waals surface area contributed by atoms with Crippen LogP contribution in [-0.2, 0) is 13.0 Å². The molecule has 0 atom stereocenters. The molecule has 1 rings (SSSR count). The van der Waals surface area contributed by atoms with Crippen LogP contribution in [0.15, 0.2) is 18.2 Å². The maximum atomic E-state index is 9.74. The topological polar surface area (TPSA) is 23.5 Å². The van der Waals surface area contributed by atoms with Crippen LogP contribution in [0.4, 0.5) is 0 Å². The lowest BCUT2D eigenvalue weighted by atomic mass is 10.1. The van der Waals surface area contributed by atoms with Gasteiger partial charge in [-0.2, -0.15) is 0 Å². The van der Waals surface area contributed by atoms with Crippen molar-refractivity contribution in [1.82, 2.24) is 4.90 Å². The third kappa shape index (κ3) is 3.24. The zero-order chi connectivity index (χ0) is 11.3. The van der Waals surface area contributed by atoms with Crippen LogP contribution in [0.5, 0.6) is 5.75 Å². The maximum absolute atomic E-state index is 9.74. The van der Waals surface area contributed by atoms with Gasteiger partial charge in [0, 0.05) is 12.1 Å². The molecule has 0 spiro atoms. The van der Waals surface area contributed by atoms with Gasteiger partial charge < -0.3 is 5.11 Å². The molecule has 0 heterocycles. The Labute approximate surface area is 92.5 Å². The third-order valence-corrected chi connectivity index (χ3v) is 2.84. The van der Waals surface area contributed by atoms with E-state index in [1.807, 2.05) is 6.07 Å². The van der Waals surface area contributed by atoms with Crippen molar-refractivity contribution < 1.29 is 5.11 Å². The number of phenols is 1. The molecule has 0 unspecified atom stereocenters. The second-order valence-corrected chi connectivity index (χ2v) is 3.78. The standard InChI is InChI=1S/C13H21NO/c1-4-11-7-8-13(15)12(9-11)10-14(5-2)6-3/h7-9,15H,4-6,10H2,1-3H3. The van der Waals surface area contributed by atoms with E-state index in [9.17, 15) is 5.11 Å². The molecule has 0 bridgehead atoms. The Kier molecular flexibility index (Phi) is 4.63. The van der Waals surface area contributed by atoms with Gasteiger partial charge in [0.1, 0.15) is 5.75 Å². The normalized spacial score (nSPS) is 10.9. The molecule has 0 aliphatic rings. The minimum absolute atomic E-state index is 0.416. The van der Waals surface area contributed by atoms with Gasteiger partial charge in [-0.05, 0) is 31.1 Å². The lowest BCUT2D eigenvalue weighted by Crippen LogP contribution is -2.22. The van der Waals surface area contributed by atoms with Gasteiger partial charge in [-0.25, -0.2) is 0 Å². The molecule has 15 heavy (non-hydrogen) atoms. The molecule has 1 N–H and O–H groups in total. The number of hydrogen-bond donors (Lipinski definition) is 1. The lowest BCUT2D eigenvalue weighted by Gasteiger charge is -2.19. The zero-order valence-electron chi connectivity index (χ0n) is 9.95. The van der Waals surface area contributed by atoms with E-state index < -0.39 is 0 Å². The Morgan fingerprint density at radius 2 is 1.80 bits per heavy atom. The highest BCUT2D eigenvalue weighted by atomic mass is 16.3. The highest BCUT2D eigenvalue weighted by Gasteiger charge is 2.06. The van der Waals surface area contributed by atoms with Gasteiger partial charge in [0.25, 0.3) is 0 Å². The Morgan fingerprint density at radius 1 is 1.13 bits per heavy atom. The van der Waals surface area contributed by atoms with Crippen molar-refractivity contribution in [3.05, 3.63) is 29.3 Å². The first-order chi connectivity index (χ1) is 7.21. The number of rotatable bonds is 5. The Balaban J connectivity index is 2.82. The highest BCUT2D eigenvalue weighted by molar-refractivity contribution is 5.36. The monoisotopic (exact) mass is 207 g/mol. The van der Waals surface area contributed by atoms with E-state index in [0.29, 0.717) is 5.75 Å². The molecule has 84 valence electrons. The van der Waals surface area contributed by atoms with Crippen LogP contribution in [-0.4, -0.2) is 23.1 Å². The van der Waals surface area contributed by atoms with Crippen LogP contribution >= 0.6 is 0 Å². The number of benzene rings is 1. The fourth-order valence-corrected chi connectivity index (χ4v) is 1.67. The van der Waals surface area contributed by atoms with Crippen LogP contribution in [0.25, 0.3) is 0 Å². The summed E-state index contributed by atoms with van der Waals surface area (Å²) in [7, 11) is 0.